The molecule has 0 aliphatic rings. The second-order valence-electron chi connectivity index (χ2n) is 8.94. The largest absolute Gasteiger partial charge is 0.497 e. The van der Waals surface area contributed by atoms with Gasteiger partial charge in [0.15, 0.2) is 0 Å². The Morgan fingerprint density at radius 3 is 2.10 bits per heavy atom. The zero-order chi connectivity index (χ0) is 27.8. The zero-order valence-corrected chi connectivity index (χ0v) is 23.5. The number of carbonyl (C=O) groups is 2. The number of nitrogens with one attached hydrogen (secondary N) is 1. The van der Waals surface area contributed by atoms with Crippen molar-refractivity contribution in [3.8, 4) is 5.75 Å². The van der Waals surface area contributed by atoms with Gasteiger partial charge in [0.2, 0.25) is 11.8 Å². The molecular formula is C31H27Cl3N2O3. The molecule has 4 aromatic carbocycles. The number of amides is 2. The number of hydrogen-bond acceptors (Lipinski definition) is 3. The van der Waals surface area contributed by atoms with E-state index in [1.54, 1.807) is 42.3 Å². The fourth-order valence-corrected chi connectivity index (χ4v) is 4.78. The molecule has 39 heavy (non-hydrogen) atoms. The third-order valence-corrected chi connectivity index (χ3v) is 7.08. The van der Waals surface area contributed by atoms with Gasteiger partial charge in [0.1, 0.15) is 11.8 Å². The molecule has 0 radical (unpaired) electrons. The highest BCUT2D eigenvalue weighted by Gasteiger charge is 2.31. The van der Waals surface area contributed by atoms with Gasteiger partial charge >= 0.3 is 0 Å². The smallest absolute Gasteiger partial charge is 0.247 e. The summed E-state index contributed by atoms with van der Waals surface area (Å²) in [5.74, 6) is 0.168. The van der Waals surface area contributed by atoms with Crippen molar-refractivity contribution >= 4 is 46.6 Å². The molecule has 0 aromatic heterocycles. The predicted octanol–water partition coefficient (Wildman–Crippen LogP) is 7.28. The highest BCUT2D eigenvalue weighted by atomic mass is 35.5. The van der Waals surface area contributed by atoms with Crippen molar-refractivity contribution in [2.45, 2.75) is 25.6 Å². The van der Waals surface area contributed by atoms with Crippen LogP contribution in [-0.4, -0.2) is 23.8 Å². The number of rotatable bonds is 10. The number of halogens is 3. The van der Waals surface area contributed by atoms with Crippen LogP contribution in [0.2, 0.25) is 15.1 Å². The molecule has 0 aliphatic carbocycles. The van der Waals surface area contributed by atoms with E-state index in [1.165, 1.54) is 0 Å². The summed E-state index contributed by atoms with van der Waals surface area (Å²) in [7, 11) is 1.60. The molecule has 0 aliphatic heterocycles. The Balaban J connectivity index is 1.67. The summed E-state index contributed by atoms with van der Waals surface area (Å²) < 4.78 is 5.28. The van der Waals surface area contributed by atoms with E-state index in [1.807, 2.05) is 66.7 Å². The van der Waals surface area contributed by atoms with Gasteiger partial charge in [-0.25, -0.2) is 0 Å². The monoisotopic (exact) mass is 580 g/mol. The Kier molecular flexibility index (Phi) is 9.88. The summed E-state index contributed by atoms with van der Waals surface area (Å²) in [6.45, 7) is 0.394. The van der Waals surface area contributed by atoms with Crippen LogP contribution in [0.15, 0.2) is 97.1 Å². The minimum absolute atomic E-state index is 0.104. The molecule has 1 N–H and O–H groups in total. The van der Waals surface area contributed by atoms with Crippen LogP contribution in [-0.2, 0) is 29.1 Å². The van der Waals surface area contributed by atoms with Gasteiger partial charge in [-0.3, -0.25) is 9.59 Å². The Morgan fingerprint density at radius 1 is 0.821 bits per heavy atom. The topological polar surface area (TPSA) is 58.6 Å². The highest BCUT2D eigenvalue weighted by Crippen LogP contribution is 2.27. The van der Waals surface area contributed by atoms with E-state index in [4.69, 9.17) is 39.5 Å². The lowest BCUT2D eigenvalue weighted by Crippen LogP contribution is -2.43. The molecule has 4 aromatic rings. The highest BCUT2D eigenvalue weighted by molar-refractivity contribution is 6.35. The molecule has 0 saturated heterocycles. The second-order valence-corrected chi connectivity index (χ2v) is 10.2. The summed E-state index contributed by atoms with van der Waals surface area (Å²) in [6.07, 6.45) is 0.104. The maximum absolute atomic E-state index is 13.9. The maximum atomic E-state index is 13.9. The molecule has 1 atom stereocenters. The van der Waals surface area contributed by atoms with E-state index in [2.05, 4.69) is 5.32 Å². The number of ether oxygens (including phenoxy) is 1. The number of carbonyl (C=O) groups excluding carboxylic acids is 2. The van der Waals surface area contributed by atoms with Crippen molar-refractivity contribution < 1.29 is 14.3 Å². The number of methoxy groups -OCH3 is 1. The number of hydrogen-bond donors (Lipinski definition) is 1. The molecule has 0 unspecified atom stereocenters. The van der Waals surface area contributed by atoms with Crippen LogP contribution in [0.4, 0.5) is 0 Å². The van der Waals surface area contributed by atoms with Crippen LogP contribution in [0.3, 0.4) is 0 Å². The molecule has 5 nitrogen and oxygen atoms in total. The molecule has 0 saturated carbocycles. The van der Waals surface area contributed by atoms with Gasteiger partial charge in [-0.15, -0.1) is 0 Å². The summed E-state index contributed by atoms with van der Waals surface area (Å²) >= 11 is 18.4. The maximum Gasteiger partial charge on any atom is 0.247 e. The fourth-order valence-electron chi connectivity index (χ4n) is 4.18. The quantitative estimate of drug-likeness (QED) is 0.214. The SMILES string of the molecule is COc1ccc(CN(C(=O)Cc2ccc(Cl)cc2)[C@H](C(=O)NCc2ccc(Cl)cc2Cl)c2ccccc2)cc1. The minimum atomic E-state index is -0.890. The van der Waals surface area contributed by atoms with Crippen molar-refractivity contribution in [3.63, 3.8) is 0 Å². The average Bonchev–Trinajstić information content (AvgIpc) is 2.94. The van der Waals surface area contributed by atoms with Crippen molar-refractivity contribution in [1.29, 1.82) is 0 Å². The summed E-state index contributed by atoms with van der Waals surface area (Å²) in [6, 6.07) is 28.0. The third kappa shape index (κ3) is 7.76. The summed E-state index contributed by atoms with van der Waals surface area (Å²) in [5, 5.41) is 4.52. The van der Waals surface area contributed by atoms with Crippen LogP contribution in [0, 0.1) is 0 Å². The second kappa shape index (κ2) is 13.5. The first kappa shape index (κ1) is 28.5. The molecule has 8 heteroatoms. The van der Waals surface area contributed by atoms with Crippen LogP contribution < -0.4 is 10.1 Å². The van der Waals surface area contributed by atoms with Crippen molar-refractivity contribution in [3.05, 3.63) is 134 Å². The van der Waals surface area contributed by atoms with E-state index in [-0.39, 0.29) is 31.3 Å². The average molecular weight is 582 g/mol. The van der Waals surface area contributed by atoms with Crippen LogP contribution in [0.5, 0.6) is 5.75 Å². The number of benzene rings is 4. The van der Waals surface area contributed by atoms with Gasteiger partial charge in [0.25, 0.3) is 0 Å². The third-order valence-electron chi connectivity index (χ3n) is 6.24. The van der Waals surface area contributed by atoms with E-state index in [9.17, 15) is 9.59 Å². The Bertz CT molecular complexity index is 1410. The minimum Gasteiger partial charge on any atom is -0.497 e. The van der Waals surface area contributed by atoms with E-state index >= 15 is 0 Å². The molecule has 0 bridgehead atoms. The van der Waals surface area contributed by atoms with E-state index in [0.717, 1.165) is 16.7 Å². The Labute approximate surface area is 243 Å². The lowest BCUT2D eigenvalue weighted by molar-refractivity contribution is -0.141. The molecule has 0 heterocycles. The normalized spacial score (nSPS) is 11.5. The first-order valence-corrected chi connectivity index (χ1v) is 13.4. The van der Waals surface area contributed by atoms with E-state index in [0.29, 0.717) is 26.4 Å². The lowest BCUT2D eigenvalue weighted by Gasteiger charge is -2.32. The first-order chi connectivity index (χ1) is 18.8. The molecule has 4 rings (SSSR count). The molecule has 0 fully saturated rings. The van der Waals surface area contributed by atoms with Crippen molar-refractivity contribution in [2.75, 3.05) is 7.11 Å². The Hall–Kier alpha value is -3.51. The van der Waals surface area contributed by atoms with Gasteiger partial charge in [-0.2, -0.15) is 0 Å². The molecule has 0 spiro atoms. The molecule has 2 amide bonds. The van der Waals surface area contributed by atoms with Gasteiger partial charge in [0, 0.05) is 28.2 Å². The molecular weight excluding hydrogens is 555 g/mol. The number of nitrogens with zero attached hydrogens (tertiary/aromatic N) is 1. The fraction of sp³-hybridized carbons (Fsp3) is 0.161. The van der Waals surface area contributed by atoms with E-state index < -0.39 is 6.04 Å². The summed E-state index contributed by atoms with van der Waals surface area (Å²) in [4.78, 5) is 29.3. The predicted molar refractivity (Wildman–Crippen MR) is 156 cm³/mol. The first-order valence-electron chi connectivity index (χ1n) is 12.3. The standard InChI is InChI=1S/C31H27Cl3N2O3/c1-39-27-15-9-22(10-16-27)20-36(29(37)17-21-7-12-25(32)13-8-21)30(23-5-3-2-4-6-23)31(38)35-19-24-11-14-26(33)18-28(24)34/h2-16,18,30H,17,19-20H2,1H3,(H,35,38)/t30-/m0/s1. The van der Waals surface area contributed by atoms with Gasteiger partial charge in [-0.1, -0.05) is 95.5 Å². The summed E-state index contributed by atoms with van der Waals surface area (Å²) in [5.41, 5.74) is 3.06. The van der Waals surface area contributed by atoms with Crippen LogP contribution in [0.1, 0.15) is 28.3 Å². The van der Waals surface area contributed by atoms with Crippen LogP contribution >= 0.6 is 34.8 Å². The van der Waals surface area contributed by atoms with Crippen molar-refractivity contribution in [1.82, 2.24) is 10.2 Å². The van der Waals surface area contributed by atoms with Gasteiger partial charge in [0.05, 0.1) is 13.5 Å². The Morgan fingerprint density at radius 2 is 1.46 bits per heavy atom. The lowest BCUT2D eigenvalue weighted by atomic mass is 10.0. The van der Waals surface area contributed by atoms with Crippen LogP contribution in [0.25, 0.3) is 0 Å². The van der Waals surface area contributed by atoms with Gasteiger partial charge in [-0.05, 0) is 58.7 Å². The van der Waals surface area contributed by atoms with Gasteiger partial charge < -0.3 is 15.0 Å². The van der Waals surface area contributed by atoms with Crippen molar-refractivity contribution in [2.24, 2.45) is 0 Å². The molecule has 200 valence electrons. The zero-order valence-electron chi connectivity index (χ0n) is 21.2.